The van der Waals surface area contributed by atoms with Gasteiger partial charge in [0, 0.05) is 5.02 Å². The zero-order valence-electron chi connectivity index (χ0n) is 12.2. The molecule has 0 saturated heterocycles. The van der Waals surface area contributed by atoms with Gasteiger partial charge >= 0.3 is 0 Å². The molecule has 2 aromatic carbocycles. The number of hydrazone groups is 1. The van der Waals surface area contributed by atoms with E-state index in [1.165, 1.54) is 18.3 Å². The van der Waals surface area contributed by atoms with Crippen LogP contribution in [0.5, 0.6) is 11.5 Å². The van der Waals surface area contributed by atoms with E-state index in [0.29, 0.717) is 21.4 Å². The largest absolute Gasteiger partial charge is 0.508 e. The first-order valence-electron chi connectivity index (χ1n) is 6.69. The van der Waals surface area contributed by atoms with Crippen molar-refractivity contribution in [3.63, 3.8) is 0 Å². The smallest absolute Gasteiger partial charge is 0.280 e. The average Bonchev–Trinajstić information content (AvgIpc) is 2.50. The highest BCUT2D eigenvalue weighted by Gasteiger charge is 2.15. The number of ether oxygens (including phenoxy) is 1. The minimum atomic E-state index is -0.796. The van der Waals surface area contributed by atoms with Gasteiger partial charge in [-0.2, -0.15) is 5.10 Å². The summed E-state index contributed by atoms with van der Waals surface area (Å²) in [6.45, 7) is 1.57. The Bertz CT molecular complexity index is 735. The summed E-state index contributed by atoms with van der Waals surface area (Å²) >= 11 is 11.8. The van der Waals surface area contributed by atoms with Crippen LogP contribution in [-0.4, -0.2) is 23.3 Å². The summed E-state index contributed by atoms with van der Waals surface area (Å²) in [6.07, 6.45) is 0.620. The predicted molar refractivity (Wildman–Crippen MR) is 90.4 cm³/mol. The molecule has 0 spiro atoms. The Hall–Kier alpha value is -2.24. The van der Waals surface area contributed by atoms with Gasteiger partial charge in [0.2, 0.25) is 0 Å². The quantitative estimate of drug-likeness (QED) is 0.637. The van der Waals surface area contributed by atoms with Gasteiger partial charge in [-0.25, -0.2) is 5.43 Å². The Morgan fingerprint density at radius 1 is 1.30 bits per heavy atom. The van der Waals surface area contributed by atoms with Crippen LogP contribution in [0.2, 0.25) is 10.0 Å². The van der Waals surface area contributed by atoms with Crippen molar-refractivity contribution in [2.75, 3.05) is 0 Å². The lowest BCUT2D eigenvalue weighted by atomic mass is 10.2. The third-order valence-corrected chi connectivity index (χ3v) is 3.36. The molecule has 0 bridgehead atoms. The van der Waals surface area contributed by atoms with Crippen LogP contribution in [0.1, 0.15) is 12.5 Å². The number of carbonyl (C=O) groups excluding carboxylic acids is 1. The van der Waals surface area contributed by atoms with E-state index in [-0.39, 0.29) is 5.75 Å². The van der Waals surface area contributed by atoms with Crippen LogP contribution in [0.4, 0.5) is 0 Å². The standard InChI is InChI=1S/C16H14Cl2N2O3/c1-10(23-15-6-5-12(17)8-14(15)18)16(22)20-19-9-11-3-2-4-13(21)7-11/h2-10,21H,1H3,(H,20,22)/b19-9+. The summed E-state index contributed by atoms with van der Waals surface area (Å²) in [5.74, 6) is 0.0393. The zero-order chi connectivity index (χ0) is 16.8. The number of nitrogens with one attached hydrogen (secondary N) is 1. The molecule has 0 fully saturated rings. The molecule has 2 aromatic rings. The number of phenols is 1. The van der Waals surface area contributed by atoms with Gasteiger partial charge in [-0.05, 0) is 42.8 Å². The molecule has 0 aliphatic heterocycles. The number of phenolic OH excluding ortho intramolecular Hbond substituents is 1. The molecular formula is C16H14Cl2N2O3. The third kappa shape index (κ3) is 5.16. The van der Waals surface area contributed by atoms with E-state index in [0.717, 1.165) is 0 Å². The lowest BCUT2D eigenvalue weighted by Crippen LogP contribution is -2.33. The maximum atomic E-state index is 11.9. The van der Waals surface area contributed by atoms with E-state index in [4.69, 9.17) is 27.9 Å². The topological polar surface area (TPSA) is 70.9 Å². The van der Waals surface area contributed by atoms with Crippen LogP contribution in [0.15, 0.2) is 47.6 Å². The van der Waals surface area contributed by atoms with Gasteiger partial charge in [-0.3, -0.25) is 4.79 Å². The van der Waals surface area contributed by atoms with E-state index in [1.807, 2.05) is 0 Å². The predicted octanol–water partition coefficient (Wildman–Crippen LogP) is 3.62. The van der Waals surface area contributed by atoms with Crippen molar-refractivity contribution in [3.8, 4) is 11.5 Å². The number of aromatic hydroxyl groups is 1. The highest BCUT2D eigenvalue weighted by atomic mass is 35.5. The summed E-state index contributed by atoms with van der Waals surface area (Å²) in [6, 6.07) is 11.2. The number of halogens is 2. The normalized spacial score (nSPS) is 12.1. The Morgan fingerprint density at radius 2 is 2.09 bits per heavy atom. The summed E-state index contributed by atoms with van der Waals surface area (Å²) in [5.41, 5.74) is 3.01. The number of rotatable bonds is 5. The van der Waals surface area contributed by atoms with Crippen LogP contribution in [-0.2, 0) is 4.79 Å². The van der Waals surface area contributed by atoms with E-state index in [2.05, 4.69) is 10.5 Å². The Labute approximate surface area is 143 Å². The van der Waals surface area contributed by atoms with Crippen molar-refractivity contribution in [2.45, 2.75) is 13.0 Å². The number of amides is 1. The molecule has 1 amide bonds. The summed E-state index contributed by atoms with van der Waals surface area (Å²) in [4.78, 5) is 11.9. The molecule has 5 nitrogen and oxygen atoms in total. The van der Waals surface area contributed by atoms with E-state index < -0.39 is 12.0 Å². The van der Waals surface area contributed by atoms with Crippen molar-refractivity contribution >= 4 is 35.3 Å². The molecule has 1 unspecified atom stereocenters. The maximum absolute atomic E-state index is 11.9. The van der Waals surface area contributed by atoms with Crippen molar-refractivity contribution in [1.82, 2.24) is 5.43 Å². The molecule has 2 rings (SSSR count). The number of hydrogen-bond donors (Lipinski definition) is 2. The van der Waals surface area contributed by atoms with Crippen LogP contribution in [0.25, 0.3) is 0 Å². The highest BCUT2D eigenvalue weighted by Crippen LogP contribution is 2.28. The third-order valence-electron chi connectivity index (χ3n) is 2.83. The van der Waals surface area contributed by atoms with Gasteiger partial charge in [0.25, 0.3) is 5.91 Å². The molecule has 0 aliphatic carbocycles. The fraction of sp³-hybridized carbons (Fsp3) is 0.125. The molecule has 0 radical (unpaired) electrons. The summed E-state index contributed by atoms with van der Waals surface area (Å²) < 4.78 is 5.47. The van der Waals surface area contributed by atoms with Crippen LogP contribution in [0.3, 0.4) is 0 Å². The van der Waals surface area contributed by atoms with Gasteiger partial charge in [0.15, 0.2) is 6.10 Å². The Morgan fingerprint density at radius 3 is 2.78 bits per heavy atom. The molecule has 0 aromatic heterocycles. The maximum Gasteiger partial charge on any atom is 0.280 e. The number of hydrogen-bond acceptors (Lipinski definition) is 4. The fourth-order valence-corrected chi connectivity index (χ4v) is 2.13. The minimum Gasteiger partial charge on any atom is -0.508 e. The first-order chi connectivity index (χ1) is 11.0. The average molecular weight is 353 g/mol. The van der Waals surface area contributed by atoms with Crippen molar-refractivity contribution in [3.05, 3.63) is 58.1 Å². The van der Waals surface area contributed by atoms with Crippen LogP contribution >= 0.6 is 23.2 Å². The van der Waals surface area contributed by atoms with Gasteiger partial charge in [0.1, 0.15) is 11.5 Å². The van der Waals surface area contributed by atoms with E-state index in [9.17, 15) is 9.90 Å². The molecule has 23 heavy (non-hydrogen) atoms. The van der Waals surface area contributed by atoms with Crippen LogP contribution < -0.4 is 10.2 Å². The molecule has 0 aliphatic rings. The number of benzene rings is 2. The van der Waals surface area contributed by atoms with Gasteiger partial charge < -0.3 is 9.84 Å². The SMILES string of the molecule is CC(Oc1ccc(Cl)cc1Cl)C(=O)N/N=C/c1cccc(O)c1. The van der Waals surface area contributed by atoms with Gasteiger partial charge in [-0.15, -0.1) is 0 Å². The van der Waals surface area contributed by atoms with E-state index in [1.54, 1.807) is 37.3 Å². The second-order valence-corrected chi connectivity index (χ2v) is 5.51. The Kier molecular flexibility index (Phi) is 5.84. The van der Waals surface area contributed by atoms with Gasteiger partial charge in [0.05, 0.1) is 11.2 Å². The molecule has 0 heterocycles. The number of carbonyl (C=O) groups is 1. The van der Waals surface area contributed by atoms with Crippen LogP contribution in [0, 0.1) is 0 Å². The zero-order valence-corrected chi connectivity index (χ0v) is 13.7. The second-order valence-electron chi connectivity index (χ2n) is 4.66. The summed E-state index contributed by atoms with van der Waals surface area (Å²) in [5, 5.41) is 13.9. The van der Waals surface area contributed by atoms with E-state index >= 15 is 0 Å². The fourth-order valence-electron chi connectivity index (χ4n) is 1.68. The van der Waals surface area contributed by atoms with Gasteiger partial charge in [-0.1, -0.05) is 35.3 Å². The van der Waals surface area contributed by atoms with Crippen molar-refractivity contribution < 1.29 is 14.6 Å². The Balaban J connectivity index is 1.92. The molecule has 7 heteroatoms. The molecule has 2 N–H and O–H groups in total. The second kappa shape index (κ2) is 7.85. The lowest BCUT2D eigenvalue weighted by Gasteiger charge is -2.14. The minimum absolute atomic E-state index is 0.120. The number of nitrogens with zero attached hydrogens (tertiary/aromatic N) is 1. The molecule has 120 valence electrons. The first kappa shape index (κ1) is 17.1. The lowest BCUT2D eigenvalue weighted by molar-refractivity contribution is -0.127. The van der Waals surface area contributed by atoms with Crippen molar-refractivity contribution in [1.29, 1.82) is 0 Å². The van der Waals surface area contributed by atoms with Crippen molar-refractivity contribution in [2.24, 2.45) is 5.10 Å². The first-order valence-corrected chi connectivity index (χ1v) is 7.45. The molecule has 0 saturated carbocycles. The molecular weight excluding hydrogens is 339 g/mol. The monoisotopic (exact) mass is 352 g/mol. The molecule has 1 atom stereocenters. The highest BCUT2D eigenvalue weighted by molar-refractivity contribution is 6.35. The summed E-state index contributed by atoms with van der Waals surface area (Å²) in [7, 11) is 0.